The molecule has 12 heavy (non-hydrogen) atoms. The summed E-state index contributed by atoms with van der Waals surface area (Å²) < 4.78 is 0. The minimum atomic E-state index is -0.760. The zero-order valence-corrected chi connectivity index (χ0v) is 7.42. The first-order chi connectivity index (χ1) is 5.72. The summed E-state index contributed by atoms with van der Waals surface area (Å²) in [5.74, 6) is -0.760. The molecule has 1 unspecified atom stereocenters. The molecule has 1 heterocycles. The summed E-state index contributed by atoms with van der Waals surface area (Å²) >= 11 is 0. The van der Waals surface area contributed by atoms with Crippen LogP contribution in [0.5, 0.6) is 0 Å². The van der Waals surface area contributed by atoms with Crippen LogP contribution in [0.1, 0.15) is 26.2 Å². The maximum atomic E-state index is 10.6. The molecule has 0 aromatic rings. The predicted molar refractivity (Wildman–Crippen MR) is 45.7 cm³/mol. The zero-order chi connectivity index (χ0) is 8.97. The maximum absolute atomic E-state index is 10.6. The Morgan fingerprint density at radius 2 is 2.25 bits per heavy atom. The molecule has 0 amide bonds. The van der Waals surface area contributed by atoms with E-state index in [9.17, 15) is 4.79 Å². The predicted octanol–water partition coefficient (Wildman–Crippen LogP) is 0.450. The lowest BCUT2D eigenvalue weighted by Gasteiger charge is -2.24. The van der Waals surface area contributed by atoms with E-state index in [4.69, 9.17) is 5.11 Å². The van der Waals surface area contributed by atoms with Crippen LogP contribution in [0.3, 0.4) is 0 Å². The molecule has 1 saturated heterocycles. The number of hydrogen-bond acceptors (Lipinski definition) is 3. The van der Waals surface area contributed by atoms with Gasteiger partial charge in [0, 0.05) is 13.1 Å². The van der Waals surface area contributed by atoms with Crippen molar-refractivity contribution in [1.29, 1.82) is 0 Å². The van der Waals surface area contributed by atoms with Gasteiger partial charge < -0.3 is 5.11 Å². The van der Waals surface area contributed by atoms with E-state index < -0.39 is 12.0 Å². The molecular formula is C8H16N2O2. The lowest BCUT2D eigenvalue weighted by Crippen LogP contribution is -2.47. The van der Waals surface area contributed by atoms with Crippen molar-refractivity contribution in [2.24, 2.45) is 0 Å². The SMILES string of the molecule is CC(C(=O)O)N1CCCCCN1. The third-order valence-electron chi connectivity index (χ3n) is 2.22. The highest BCUT2D eigenvalue weighted by molar-refractivity contribution is 5.72. The largest absolute Gasteiger partial charge is 0.480 e. The van der Waals surface area contributed by atoms with Crippen LogP contribution in [0.4, 0.5) is 0 Å². The normalized spacial score (nSPS) is 23.1. The Morgan fingerprint density at radius 3 is 2.92 bits per heavy atom. The fraction of sp³-hybridized carbons (Fsp3) is 0.875. The van der Waals surface area contributed by atoms with E-state index in [1.165, 1.54) is 6.42 Å². The Labute approximate surface area is 72.5 Å². The van der Waals surface area contributed by atoms with Crippen molar-refractivity contribution >= 4 is 5.97 Å². The Kier molecular flexibility index (Phi) is 3.49. The number of nitrogens with zero attached hydrogens (tertiary/aromatic N) is 1. The van der Waals surface area contributed by atoms with E-state index >= 15 is 0 Å². The van der Waals surface area contributed by atoms with Gasteiger partial charge in [-0.05, 0) is 19.8 Å². The van der Waals surface area contributed by atoms with Crippen molar-refractivity contribution in [2.45, 2.75) is 32.2 Å². The van der Waals surface area contributed by atoms with Crippen molar-refractivity contribution in [3.8, 4) is 0 Å². The third-order valence-corrected chi connectivity index (χ3v) is 2.22. The second kappa shape index (κ2) is 4.42. The molecular weight excluding hydrogens is 156 g/mol. The van der Waals surface area contributed by atoms with Crippen molar-refractivity contribution in [3.05, 3.63) is 0 Å². The molecule has 1 rings (SSSR count). The summed E-state index contributed by atoms with van der Waals surface area (Å²) in [7, 11) is 0. The van der Waals surface area contributed by atoms with E-state index in [1.807, 2.05) is 5.01 Å². The first-order valence-electron chi connectivity index (χ1n) is 4.45. The fourth-order valence-electron chi connectivity index (χ4n) is 1.35. The molecule has 1 atom stereocenters. The second-order valence-electron chi connectivity index (χ2n) is 3.18. The Balaban J connectivity index is 2.42. The zero-order valence-electron chi connectivity index (χ0n) is 7.42. The molecule has 0 aliphatic carbocycles. The van der Waals surface area contributed by atoms with Gasteiger partial charge in [0.2, 0.25) is 0 Å². The summed E-state index contributed by atoms with van der Waals surface area (Å²) in [5.41, 5.74) is 3.12. The minimum Gasteiger partial charge on any atom is -0.480 e. The van der Waals surface area contributed by atoms with Crippen LogP contribution in [0.15, 0.2) is 0 Å². The van der Waals surface area contributed by atoms with Gasteiger partial charge in [-0.2, -0.15) is 0 Å². The summed E-state index contributed by atoms with van der Waals surface area (Å²) in [6.07, 6.45) is 3.42. The van der Waals surface area contributed by atoms with Crippen LogP contribution >= 0.6 is 0 Å². The molecule has 0 bridgehead atoms. The lowest BCUT2D eigenvalue weighted by atomic mass is 10.2. The molecule has 1 aliphatic rings. The first kappa shape index (κ1) is 9.48. The molecule has 1 aliphatic heterocycles. The van der Waals surface area contributed by atoms with Gasteiger partial charge in [0.1, 0.15) is 6.04 Å². The number of hydrogen-bond donors (Lipinski definition) is 2. The Morgan fingerprint density at radius 1 is 1.50 bits per heavy atom. The van der Waals surface area contributed by atoms with Gasteiger partial charge in [0.25, 0.3) is 0 Å². The molecule has 0 saturated carbocycles. The highest BCUT2D eigenvalue weighted by atomic mass is 16.4. The number of aliphatic carboxylic acids is 1. The molecule has 2 N–H and O–H groups in total. The average molecular weight is 172 g/mol. The van der Waals surface area contributed by atoms with Crippen LogP contribution in [-0.4, -0.2) is 35.2 Å². The molecule has 0 aromatic carbocycles. The molecule has 0 spiro atoms. The van der Waals surface area contributed by atoms with Crippen molar-refractivity contribution in [2.75, 3.05) is 13.1 Å². The highest BCUT2D eigenvalue weighted by Crippen LogP contribution is 2.05. The number of rotatable bonds is 2. The molecule has 4 nitrogen and oxygen atoms in total. The Hall–Kier alpha value is -0.610. The first-order valence-corrected chi connectivity index (χ1v) is 4.45. The third kappa shape index (κ3) is 2.46. The summed E-state index contributed by atoms with van der Waals surface area (Å²) in [6.45, 7) is 3.45. The molecule has 70 valence electrons. The van der Waals surface area contributed by atoms with Gasteiger partial charge in [-0.25, -0.2) is 5.01 Å². The number of carboxylic acids is 1. The molecule has 1 fully saturated rings. The number of carbonyl (C=O) groups is 1. The quantitative estimate of drug-likeness (QED) is 0.635. The molecule has 4 heteroatoms. The summed E-state index contributed by atoms with van der Waals surface area (Å²) in [4.78, 5) is 10.6. The van der Waals surface area contributed by atoms with Gasteiger partial charge in [-0.3, -0.25) is 10.2 Å². The van der Waals surface area contributed by atoms with E-state index in [-0.39, 0.29) is 0 Å². The van der Waals surface area contributed by atoms with Crippen LogP contribution in [0, 0.1) is 0 Å². The topological polar surface area (TPSA) is 52.6 Å². The van der Waals surface area contributed by atoms with Gasteiger partial charge >= 0.3 is 5.97 Å². The fourth-order valence-corrected chi connectivity index (χ4v) is 1.35. The smallest absolute Gasteiger partial charge is 0.322 e. The van der Waals surface area contributed by atoms with E-state index in [0.29, 0.717) is 0 Å². The van der Waals surface area contributed by atoms with E-state index in [0.717, 1.165) is 25.9 Å². The number of carboxylic acid groups (broad SMARTS) is 1. The van der Waals surface area contributed by atoms with Gasteiger partial charge in [-0.15, -0.1) is 0 Å². The second-order valence-corrected chi connectivity index (χ2v) is 3.18. The van der Waals surface area contributed by atoms with E-state index in [2.05, 4.69) is 5.43 Å². The standard InChI is InChI=1S/C8H16N2O2/c1-7(8(11)12)10-6-4-2-3-5-9-10/h7,9H,2-6H2,1H3,(H,11,12). The molecule has 0 radical (unpaired) electrons. The van der Waals surface area contributed by atoms with Crippen molar-refractivity contribution < 1.29 is 9.90 Å². The molecule has 0 aromatic heterocycles. The summed E-state index contributed by atoms with van der Waals surface area (Å²) in [6, 6.07) is -0.414. The Bertz CT molecular complexity index is 153. The summed E-state index contributed by atoms with van der Waals surface area (Å²) in [5, 5.41) is 10.6. The number of hydrazine groups is 1. The maximum Gasteiger partial charge on any atom is 0.322 e. The lowest BCUT2D eigenvalue weighted by molar-refractivity contribution is -0.143. The van der Waals surface area contributed by atoms with E-state index in [1.54, 1.807) is 6.92 Å². The van der Waals surface area contributed by atoms with Crippen LogP contribution in [-0.2, 0) is 4.79 Å². The van der Waals surface area contributed by atoms with Gasteiger partial charge in [-0.1, -0.05) is 6.42 Å². The van der Waals surface area contributed by atoms with Crippen LogP contribution in [0.2, 0.25) is 0 Å². The van der Waals surface area contributed by atoms with Crippen LogP contribution in [0.25, 0.3) is 0 Å². The number of nitrogens with one attached hydrogen (secondary N) is 1. The van der Waals surface area contributed by atoms with Crippen LogP contribution < -0.4 is 5.43 Å². The highest BCUT2D eigenvalue weighted by Gasteiger charge is 2.20. The van der Waals surface area contributed by atoms with Crippen molar-refractivity contribution in [1.82, 2.24) is 10.4 Å². The minimum absolute atomic E-state index is 0.414. The van der Waals surface area contributed by atoms with Gasteiger partial charge in [0.15, 0.2) is 0 Å². The van der Waals surface area contributed by atoms with Crippen molar-refractivity contribution in [3.63, 3.8) is 0 Å². The average Bonchev–Trinajstić information content (AvgIpc) is 2.30. The monoisotopic (exact) mass is 172 g/mol. The van der Waals surface area contributed by atoms with Gasteiger partial charge in [0.05, 0.1) is 0 Å².